The predicted octanol–water partition coefficient (Wildman–Crippen LogP) is 0.786. The molecule has 0 heterocycles. The molecule has 0 aromatic carbocycles. The molecule has 0 radical (unpaired) electrons. The van der Waals surface area contributed by atoms with Crippen LogP contribution < -0.4 is 5.32 Å². The lowest BCUT2D eigenvalue weighted by Crippen LogP contribution is -2.42. The molecule has 0 aromatic heterocycles. The van der Waals surface area contributed by atoms with E-state index in [9.17, 15) is 18.3 Å². The number of nitrogens with zero attached hydrogens (tertiary/aromatic N) is 1. The van der Waals surface area contributed by atoms with Gasteiger partial charge in [0.05, 0.1) is 12.7 Å². The van der Waals surface area contributed by atoms with Gasteiger partial charge in [-0.05, 0) is 6.42 Å². The highest BCUT2D eigenvalue weighted by Crippen LogP contribution is 2.08. The number of amides is 1. The number of hydrogen-bond acceptors (Lipinski definition) is 6. The van der Waals surface area contributed by atoms with E-state index in [0.717, 1.165) is 19.3 Å². The third kappa shape index (κ3) is 16.7. The van der Waals surface area contributed by atoms with Gasteiger partial charge in [-0.3, -0.25) is 14.2 Å². The summed E-state index contributed by atoms with van der Waals surface area (Å²) in [6.45, 7) is 3.01. The highest BCUT2D eigenvalue weighted by atomic mass is 32.2. The van der Waals surface area contributed by atoms with Gasteiger partial charge in [0, 0.05) is 32.6 Å². The third-order valence-corrected chi connectivity index (χ3v) is 4.85. The van der Waals surface area contributed by atoms with E-state index in [1.165, 1.54) is 25.7 Å². The Bertz CT molecular complexity index is 458. The molecule has 8 nitrogen and oxygen atoms in total. The number of hydrogen-bond donors (Lipinski definition) is 4. The van der Waals surface area contributed by atoms with Crippen molar-refractivity contribution >= 4 is 16.0 Å². The Morgan fingerprint density at radius 1 is 1.08 bits per heavy atom. The van der Waals surface area contributed by atoms with Crippen LogP contribution in [-0.4, -0.2) is 78.6 Å². The maximum atomic E-state index is 11.8. The van der Waals surface area contributed by atoms with E-state index in [-0.39, 0.29) is 25.6 Å². The third-order valence-electron chi connectivity index (χ3n) is 4.05. The van der Waals surface area contributed by atoms with E-state index in [2.05, 4.69) is 12.2 Å². The van der Waals surface area contributed by atoms with E-state index in [1.807, 2.05) is 0 Å². The van der Waals surface area contributed by atoms with E-state index in [4.69, 9.17) is 9.66 Å². The lowest BCUT2D eigenvalue weighted by Gasteiger charge is -2.23. The molecule has 4 N–H and O–H groups in total. The van der Waals surface area contributed by atoms with Gasteiger partial charge >= 0.3 is 0 Å². The minimum atomic E-state index is -4.25. The molecular weight excluding hydrogens is 360 g/mol. The normalized spacial score (nSPS) is 13.1. The Hall–Kier alpha value is -0.740. The summed E-state index contributed by atoms with van der Waals surface area (Å²) in [7, 11) is -4.25. The van der Waals surface area contributed by atoms with Gasteiger partial charge in [-0.25, -0.2) is 0 Å². The van der Waals surface area contributed by atoms with E-state index < -0.39 is 22.0 Å². The second-order valence-electron chi connectivity index (χ2n) is 6.65. The highest BCUT2D eigenvalue weighted by molar-refractivity contribution is 7.85. The molecule has 0 rings (SSSR count). The van der Waals surface area contributed by atoms with Gasteiger partial charge in [0.15, 0.2) is 0 Å². The minimum Gasteiger partial charge on any atom is -0.395 e. The molecule has 156 valence electrons. The van der Waals surface area contributed by atoms with Crippen LogP contribution in [0.1, 0.15) is 58.3 Å². The molecular formula is C17H36N2O6S. The van der Waals surface area contributed by atoms with Crippen molar-refractivity contribution in [2.45, 2.75) is 64.4 Å². The van der Waals surface area contributed by atoms with Gasteiger partial charge in [0.25, 0.3) is 10.1 Å². The van der Waals surface area contributed by atoms with Gasteiger partial charge in [-0.1, -0.05) is 45.4 Å². The fourth-order valence-electron chi connectivity index (χ4n) is 2.71. The van der Waals surface area contributed by atoms with Crippen molar-refractivity contribution in [3.63, 3.8) is 0 Å². The molecule has 0 saturated heterocycles. The Morgan fingerprint density at radius 3 is 2.27 bits per heavy atom. The van der Waals surface area contributed by atoms with Crippen LogP contribution in [0, 0.1) is 0 Å². The van der Waals surface area contributed by atoms with Crippen molar-refractivity contribution in [1.29, 1.82) is 0 Å². The van der Waals surface area contributed by atoms with Crippen LogP contribution in [0.4, 0.5) is 0 Å². The number of aliphatic hydroxyl groups excluding tert-OH is 2. The highest BCUT2D eigenvalue weighted by Gasteiger charge is 2.17. The molecule has 0 saturated carbocycles. The lowest BCUT2D eigenvalue weighted by atomic mass is 10.1. The fourth-order valence-corrected chi connectivity index (χ4v) is 3.31. The Kier molecular flexibility index (Phi) is 14.9. The largest absolute Gasteiger partial charge is 0.395 e. The summed E-state index contributed by atoms with van der Waals surface area (Å²) in [4.78, 5) is 13.4. The predicted molar refractivity (Wildman–Crippen MR) is 102 cm³/mol. The summed E-state index contributed by atoms with van der Waals surface area (Å²) < 4.78 is 30.2. The topological polar surface area (TPSA) is 127 Å². The smallest absolute Gasteiger partial charge is 0.267 e. The minimum absolute atomic E-state index is 0.00597. The van der Waals surface area contributed by atoms with E-state index in [1.54, 1.807) is 4.90 Å². The molecule has 0 aliphatic heterocycles. The second kappa shape index (κ2) is 15.3. The number of nitrogens with one attached hydrogen (secondary N) is 1. The summed E-state index contributed by atoms with van der Waals surface area (Å²) in [6.07, 6.45) is 7.28. The van der Waals surface area contributed by atoms with Crippen molar-refractivity contribution in [3.05, 3.63) is 0 Å². The number of aliphatic hydroxyl groups is 2. The summed E-state index contributed by atoms with van der Waals surface area (Å²) in [5, 5.41) is 21.5. The Labute approximate surface area is 157 Å². The maximum Gasteiger partial charge on any atom is 0.267 e. The zero-order chi connectivity index (χ0) is 19.8. The molecule has 9 heteroatoms. The number of rotatable bonds is 17. The molecule has 0 spiro atoms. The van der Waals surface area contributed by atoms with Crippen LogP contribution in [0.15, 0.2) is 0 Å². The van der Waals surface area contributed by atoms with Gasteiger partial charge < -0.3 is 15.5 Å². The number of carbonyl (C=O) groups is 1. The van der Waals surface area contributed by atoms with Crippen molar-refractivity contribution in [1.82, 2.24) is 10.2 Å². The lowest BCUT2D eigenvalue weighted by molar-refractivity contribution is -0.121. The summed E-state index contributed by atoms with van der Waals surface area (Å²) >= 11 is 0. The molecule has 1 atom stereocenters. The van der Waals surface area contributed by atoms with Crippen LogP contribution in [0.25, 0.3) is 0 Å². The first-order chi connectivity index (χ1) is 12.3. The standard InChI is InChI=1S/C17H36N2O6S/c1-2-3-4-5-6-7-8-9-17(22)18-10-11-19(12-13-20)14-16(21)15-26(23,24)25/h16,20-21H,2-15H2,1H3,(H,18,22)(H,23,24,25). The van der Waals surface area contributed by atoms with E-state index in [0.29, 0.717) is 19.5 Å². The maximum absolute atomic E-state index is 11.8. The van der Waals surface area contributed by atoms with Crippen molar-refractivity contribution < 1.29 is 28.0 Å². The Morgan fingerprint density at radius 2 is 1.69 bits per heavy atom. The Balaban J connectivity index is 3.88. The second-order valence-corrected chi connectivity index (χ2v) is 8.15. The molecule has 0 aliphatic rings. The molecule has 1 unspecified atom stereocenters. The average Bonchev–Trinajstić information content (AvgIpc) is 2.52. The van der Waals surface area contributed by atoms with Crippen LogP contribution in [0.2, 0.25) is 0 Å². The van der Waals surface area contributed by atoms with Gasteiger partial charge in [0.2, 0.25) is 5.91 Å². The first-order valence-corrected chi connectivity index (χ1v) is 11.1. The molecule has 0 bridgehead atoms. The fraction of sp³-hybridized carbons (Fsp3) is 0.941. The first kappa shape index (κ1) is 25.3. The van der Waals surface area contributed by atoms with Crippen LogP contribution in [0.3, 0.4) is 0 Å². The number of carbonyl (C=O) groups excluding carboxylic acids is 1. The molecule has 0 fully saturated rings. The summed E-state index contributed by atoms with van der Waals surface area (Å²) in [6, 6.07) is 0. The summed E-state index contributed by atoms with van der Waals surface area (Å²) in [5.74, 6) is -0.777. The SMILES string of the molecule is CCCCCCCCCC(=O)NCCN(CCO)CC(O)CS(=O)(=O)O. The average molecular weight is 397 g/mol. The van der Waals surface area contributed by atoms with Crippen molar-refractivity contribution in [2.75, 3.05) is 38.5 Å². The zero-order valence-corrected chi connectivity index (χ0v) is 16.7. The van der Waals surface area contributed by atoms with Crippen LogP contribution in [-0.2, 0) is 14.9 Å². The first-order valence-electron chi connectivity index (χ1n) is 9.51. The summed E-state index contributed by atoms with van der Waals surface area (Å²) in [5.41, 5.74) is 0. The number of unbranched alkanes of at least 4 members (excludes halogenated alkanes) is 6. The van der Waals surface area contributed by atoms with Crippen molar-refractivity contribution in [2.24, 2.45) is 0 Å². The van der Waals surface area contributed by atoms with Crippen LogP contribution in [0.5, 0.6) is 0 Å². The van der Waals surface area contributed by atoms with E-state index >= 15 is 0 Å². The van der Waals surface area contributed by atoms with Gasteiger partial charge in [-0.15, -0.1) is 0 Å². The molecule has 26 heavy (non-hydrogen) atoms. The molecule has 1 amide bonds. The zero-order valence-electron chi connectivity index (χ0n) is 15.9. The molecule has 0 aliphatic carbocycles. The monoisotopic (exact) mass is 396 g/mol. The van der Waals surface area contributed by atoms with Crippen molar-refractivity contribution in [3.8, 4) is 0 Å². The van der Waals surface area contributed by atoms with Crippen LogP contribution >= 0.6 is 0 Å². The molecule has 0 aromatic rings. The quantitative estimate of drug-likeness (QED) is 0.211. The van der Waals surface area contributed by atoms with Gasteiger partial charge in [0.1, 0.15) is 5.75 Å². The van der Waals surface area contributed by atoms with Gasteiger partial charge in [-0.2, -0.15) is 8.42 Å².